The standard InChI is InChI=1S/C68H69N4O.Pt/c1-64(2,3)49-29-32-60-59(40-49)58-31-30-56(43-61(58)72(60)63-41-50(33-34-69-63)67(10,11)47-25-19-15-20-26-47)73-57-39-53(68(12,13)48-27-21-16-22-28-48)38-54(42-57)70-44-62(46-23-17-14-18-24-46)71(45-70)55-36-51(65(4,5)6)35-52(37-55)66(7,8)9;/h14-41,44-45H,1-13H3;/q-3;. The van der Waals surface area contributed by atoms with E-state index in [1.54, 1.807) is 0 Å². The van der Waals surface area contributed by atoms with E-state index in [0.29, 0.717) is 11.5 Å². The summed E-state index contributed by atoms with van der Waals surface area (Å²) in [5.41, 5.74) is 13.9. The van der Waals surface area contributed by atoms with Crippen LogP contribution in [0.15, 0.2) is 176 Å². The van der Waals surface area contributed by atoms with Crippen molar-refractivity contribution in [3.8, 4) is 17.3 Å². The summed E-state index contributed by atoms with van der Waals surface area (Å²) in [5, 5.41) is 2.24. The monoisotopic (exact) mass is 1150 g/mol. The van der Waals surface area contributed by atoms with Crippen molar-refractivity contribution in [2.75, 3.05) is 9.80 Å². The van der Waals surface area contributed by atoms with Crippen molar-refractivity contribution in [3.05, 3.63) is 239 Å². The van der Waals surface area contributed by atoms with Crippen molar-refractivity contribution in [3.63, 3.8) is 0 Å². The van der Waals surface area contributed by atoms with Crippen molar-refractivity contribution in [2.45, 2.75) is 117 Å². The molecular weight excluding hydrogens is 1080 g/mol. The van der Waals surface area contributed by atoms with Crippen LogP contribution in [-0.2, 0) is 48.1 Å². The van der Waals surface area contributed by atoms with Gasteiger partial charge in [-0.2, -0.15) is 6.07 Å². The Balaban J connectivity index is 0.00000672. The third-order valence-electron chi connectivity index (χ3n) is 15.0. The van der Waals surface area contributed by atoms with Crippen molar-refractivity contribution >= 4 is 38.9 Å². The molecule has 0 saturated carbocycles. The molecule has 7 aromatic carbocycles. The molecule has 0 atom stereocenters. The Hall–Kier alpha value is -6.68. The zero-order valence-corrected chi connectivity index (χ0v) is 47.6. The van der Waals surface area contributed by atoms with E-state index in [4.69, 9.17) is 9.72 Å². The van der Waals surface area contributed by atoms with Crippen LogP contribution >= 0.6 is 0 Å². The maximum atomic E-state index is 7.07. The molecule has 10 rings (SSSR count). The minimum absolute atomic E-state index is 0. The number of rotatable bonds is 10. The van der Waals surface area contributed by atoms with Crippen LogP contribution in [0, 0.1) is 18.8 Å². The molecule has 74 heavy (non-hydrogen) atoms. The number of pyridine rings is 1. The second-order valence-corrected chi connectivity index (χ2v) is 24.0. The van der Waals surface area contributed by atoms with E-state index in [0.717, 1.165) is 55.8 Å². The number of aromatic nitrogens is 2. The van der Waals surface area contributed by atoms with Crippen molar-refractivity contribution in [1.82, 2.24) is 9.55 Å². The van der Waals surface area contributed by atoms with Gasteiger partial charge in [-0.05, 0) is 103 Å². The quantitative estimate of drug-likeness (QED) is 0.128. The molecule has 0 unspecified atom stereocenters. The molecule has 0 saturated heterocycles. The fourth-order valence-corrected chi connectivity index (χ4v) is 10.1. The van der Waals surface area contributed by atoms with E-state index in [1.807, 2.05) is 12.3 Å². The van der Waals surface area contributed by atoms with Gasteiger partial charge in [-0.15, -0.1) is 53.6 Å². The Morgan fingerprint density at radius 2 is 1.05 bits per heavy atom. The predicted molar refractivity (Wildman–Crippen MR) is 306 cm³/mol. The molecule has 9 aromatic rings. The average Bonchev–Trinajstić information content (AvgIpc) is 3.96. The second-order valence-electron chi connectivity index (χ2n) is 24.0. The molecule has 380 valence electrons. The summed E-state index contributed by atoms with van der Waals surface area (Å²) >= 11 is 0. The topological polar surface area (TPSA) is 33.5 Å². The number of anilines is 2. The minimum atomic E-state index is -0.383. The Bertz CT molecular complexity index is 3480. The minimum Gasteiger partial charge on any atom is -0.509 e. The van der Waals surface area contributed by atoms with Crippen LogP contribution in [0.1, 0.15) is 135 Å². The van der Waals surface area contributed by atoms with Crippen molar-refractivity contribution < 1.29 is 25.8 Å². The molecule has 1 aliphatic heterocycles. The van der Waals surface area contributed by atoms with Gasteiger partial charge in [0.2, 0.25) is 0 Å². The molecule has 0 spiro atoms. The van der Waals surface area contributed by atoms with Gasteiger partial charge in [0.15, 0.2) is 0 Å². The summed E-state index contributed by atoms with van der Waals surface area (Å²) in [6.45, 7) is 31.9. The van der Waals surface area contributed by atoms with Crippen LogP contribution in [0.2, 0.25) is 0 Å². The predicted octanol–water partition coefficient (Wildman–Crippen LogP) is 17.6. The van der Waals surface area contributed by atoms with E-state index in [2.05, 4.69) is 287 Å². The summed E-state index contributed by atoms with van der Waals surface area (Å²) in [5.74, 6) is 2.02. The molecule has 1 aliphatic rings. The van der Waals surface area contributed by atoms with Gasteiger partial charge >= 0.3 is 0 Å². The summed E-state index contributed by atoms with van der Waals surface area (Å²) < 4.78 is 9.32. The number of fused-ring (bicyclic) bond motifs is 3. The summed E-state index contributed by atoms with van der Waals surface area (Å²) in [6.07, 6.45) is 4.17. The van der Waals surface area contributed by atoms with E-state index in [9.17, 15) is 0 Å². The maximum Gasteiger partial charge on any atom is 0.135 e. The van der Waals surface area contributed by atoms with Gasteiger partial charge in [-0.25, -0.2) is 4.98 Å². The second kappa shape index (κ2) is 19.5. The molecule has 6 heteroatoms. The summed E-state index contributed by atoms with van der Waals surface area (Å²) in [6, 6.07) is 66.6. The summed E-state index contributed by atoms with van der Waals surface area (Å²) in [4.78, 5) is 9.60. The summed E-state index contributed by atoms with van der Waals surface area (Å²) in [7, 11) is 0. The van der Waals surface area contributed by atoms with E-state index in [1.165, 1.54) is 33.4 Å². The first-order chi connectivity index (χ1) is 34.6. The van der Waals surface area contributed by atoms with Gasteiger partial charge in [-0.3, -0.25) is 0 Å². The van der Waals surface area contributed by atoms with Gasteiger partial charge in [-0.1, -0.05) is 205 Å². The first-order valence-corrected chi connectivity index (χ1v) is 25.8. The van der Waals surface area contributed by atoms with Gasteiger partial charge in [0, 0.05) is 61.1 Å². The van der Waals surface area contributed by atoms with Crippen LogP contribution in [0.4, 0.5) is 11.4 Å². The normalized spacial score (nSPS) is 13.6. The van der Waals surface area contributed by atoms with Gasteiger partial charge in [0.05, 0.1) is 0 Å². The van der Waals surface area contributed by atoms with Gasteiger partial charge < -0.3 is 19.1 Å². The average molecular weight is 1150 g/mol. The van der Waals surface area contributed by atoms with E-state index < -0.39 is 0 Å². The maximum absolute atomic E-state index is 7.07. The Morgan fingerprint density at radius 1 is 0.473 bits per heavy atom. The molecule has 2 aromatic heterocycles. The van der Waals surface area contributed by atoms with Crippen LogP contribution in [0.3, 0.4) is 0 Å². The Kier molecular flexibility index (Phi) is 13.8. The first-order valence-electron chi connectivity index (χ1n) is 25.8. The smallest absolute Gasteiger partial charge is 0.135 e. The number of hydrogen-bond acceptors (Lipinski definition) is 4. The third kappa shape index (κ3) is 10.1. The molecule has 5 nitrogen and oxygen atoms in total. The van der Waals surface area contributed by atoms with E-state index in [-0.39, 0.29) is 48.1 Å². The molecule has 0 bridgehead atoms. The first kappa shape index (κ1) is 52.2. The van der Waals surface area contributed by atoms with Crippen molar-refractivity contribution in [2.24, 2.45) is 0 Å². The van der Waals surface area contributed by atoms with Crippen molar-refractivity contribution in [1.29, 1.82) is 0 Å². The molecule has 0 aliphatic carbocycles. The molecule has 0 radical (unpaired) electrons. The fourth-order valence-electron chi connectivity index (χ4n) is 10.1. The van der Waals surface area contributed by atoms with Crippen LogP contribution in [-0.4, -0.2) is 9.55 Å². The van der Waals surface area contributed by atoms with E-state index >= 15 is 0 Å². The molecule has 3 heterocycles. The van der Waals surface area contributed by atoms with Crippen LogP contribution in [0.5, 0.6) is 11.5 Å². The number of hydrogen-bond donors (Lipinski definition) is 0. The number of ether oxygens (including phenoxy) is 1. The number of benzene rings is 7. The zero-order valence-electron chi connectivity index (χ0n) is 45.3. The molecular formula is C68H69N4OPt-3. The third-order valence-corrected chi connectivity index (χ3v) is 15.0. The van der Waals surface area contributed by atoms with Crippen LogP contribution in [0.25, 0.3) is 33.3 Å². The SMILES string of the molecule is CC(C)(C)c1cc(N2[CH-]N(c3[c-]c(Oc4[c-]c5c(cc4)c4cc(C(C)(C)C)ccc4n5-c4cc(C(C)(C)c5ccccc5)ccn4)cc(C(C)(C)c4ccccc4)c3)C=C2c2ccccc2)cc(C(C)(C)C)c1.[Pt]. The number of nitrogens with zero attached hydrogens (tertiary/aromatic N) is 4. The molecule has 0 amide bonds. The van der Waals surface area contributed by atoms with Gasteiger partial charge in [0.25, 0.3) is 0 Å². The van der Waals surface area contributed by atoms with Gasteiger partial charge in [0.1, 0.15) is 5.82 Å². The molecule has 0 N–H and O–H groups in total. The van der Waals surface area contributed by atoms with Crippen LogP contribution < -0.4 is 14.5 Å². The molecule has 0 fully saturated rings. The fraction of sp³-hybridized carbons (Fsp3) is 0.265. The Morgan fingerprint density at radius 3 is 1.65 bits per heavy atom. The largest absolute Gasteiger partial charge is 0.509 e. The zero-order chi connectivity index (χ0) is 51.7. The Labute approximate surface area is 455 Å².